The predicted molar refractivity (Wildman–Crippen MR) is 465 cm³/mol. The molecule has 0 amide bonds. The zero-order chi connectivity index (χ0) is 73.6. The molecule has 15 aromatic rings. The number of benzene rings is 10. The topological polar surface area (TPSA) is 24.6 Å². The Bertz CT molecular complexity index is 5650. The first-order valence-corrected chi connectivity index (χ1v) is 41.7. The summed E-state index contributed by atoms with van der Waals surface area (Å²) in [6.07, 6.45) is 31.2. The second-order valence-electron chi connectivity index (χ2n) is 30.7. The summed E-state index contributed by atoms with van der Waals surface area (Å²) in [5, 5.41) is 12.5. The van der Waals surface area contributed by atoms with Gasteiger partial charge in [0, 0.05) is 186 Å². The van der Waals surface area contributed by atoms with Crippen molar-refractivity contribution in [1.82, 2.24) is 22.8 Å². The van der Waals surface area contributed by atoms with Gasteiger partial charge in [-0.25, -0.2) is 0 Å². The maximum atomic E-state index is 3.68. The quantitative estimate of drug-likeness (QED) is 0.0317. The number of unbranched alkanes of at least 4 members (excludes halogenated alkanes) is 20. The Hall–Kier alpha value is -10.6. The van der Waals surface area contributed by atoms with Crippen LogP contribution in [0.1, 0.15) is 240 Å². The molecule has 5 heterocycles. The Kier molecular flexibility index (Phi) is 23.6. The third-order valence-corrected chi connectivity index (χ3v) is 23.0. The van der Waals surface area contributed by atoms with Gasteiger partial charge in [0.05, 0.1) is 0 Å². The van der Waals surface area contributed by atoms with E-state index < -0.39 is 0 Å². The van der Waals surface area contributed by atoms with Crippen molar-refractivity contribution < 1.29 is 0 Å². The van der Waals surface area contributed by atoms with Crippen LogP contribution in [0.3, 0.4) is 0 Å². The molecule has 0 unspecified atom stereocenters. The summed E-state index contributed by atoms with van der Waals surface area (Å²) >= 11 is 0. The molecule has 0 saturated heterocycles. The average molecular weight is 1420 g/mol. The molecule has 5 heteroatoms. The highest BCUT2D eigenvalue weighted by Gasteiger charge is 2.18. The van der Waals surface area contributed by atoms with Gasteiger partial charge < -0.3 is 22.8 Å². The molecule has 0 N–H and O–H groups in total. The van der Waals surface area contributed by atoms with E-state index in [0.29, 0.717) is 0 Å². The van der Waals surface area contributed by atoms with E-state index in [9.17, 15) is 0 Å². The maximum Gasteiger partial charge on any atom is 0.0492 e. The van der Waals surface area contributed by atoms with Crippen LogP contribution in [0.25, 0.3) is 109 Å². The molecule has 0 bridgehead atoms. The number of para-hydroxylation sites is 2. The van der Waals surface area contributed by atoms with Gasteiger partial charge in [0.1, 0.15) is 0 Å². The van der Waals surface area contributed by atoms with Crippen LogP contribution in [-0.2, 0) is 32.7 Å². The van der Waals surface area contributed by atoms with Gasteiger partial charge in [-0.05, 0) is 190 Å². The van der Waals surface area contributed by atoms with Crippen LogP contribution in [-0.4, -0.2) is 22.8 Å². The summed E-state index contributed by atoms with van der Waals surface area (Å²) in [4.78, 5) is 0. The van der Waals surface area contributed by atoms with Gasteiger partial charge in [0.2, 0.25) is 0 Å². The highest BCUT2D eigenvalue weighted by atomic mass is 15.0. The second-order valence-corrected chi connectivity index (χ2v) is 30.7. The van der Waals surface area contributed by atoms with Crippen LogP contribution in [0.5, 0.6) is 0 Å². The van der Waals surface area contributed by atoms with E-state index in [4.69, 9.17) is 0 Å². The molecule has 0 fully saturated rings. The lowest BCUT2D eigenvalue weighted by atomic mass is 10.0. The maximum absolute atomic E-state index is 3.68. The molecule has 0 saturated carbocycles. The van der Waals surface area contributed by atoms with Gasteiger partial charge in [-0.3, -0.25) is 0 Å². The number of fused-ring (bicyclic) bond motifs is 15. The fourth-order valence-electron chi connectivity index (χ4n) is 17.2. The molecule has 5 nitrogen and oxygen atoms in total. The van der Waals surface area contributed by atoms with Crippen molar-refractivity contribution in [1.29, 1.82) is 0 Å². The van der Waals surface area contributed by atoms with E-state index in [-0.39, 0.29) is 0 Å². The lowest BCUT2D eigenvalue weighted by Crippen LogP contribution is -1.98. The molecule has 108 heavy (non-hydrogen) atoms. The van der Waals surface area contributed by atoms with Crippen LogP contribution in [0.2, 0.25) is 0 Å². The predicted octanol–water partition coefficient (Wildman–Crippen LogP) is 27.7. The Labute approximate surface area is 641 Å². The zero-order valence-electron chi connectivity index (χ0n) is 64.9. The first-order valence-electron chi connectivity index (χ1n) is 41.7. The highest BCUT2D eigenvalue weighted by Crippen LogP contribution is 2.38. The summed E-state index contributed by atoms with van der Waals surface area (Å²) in [6, 6.07) is 72.6. The number of hydrogen-bond donors (Lipinski definition) is 0. The van der Waals surface area contributed by atoms with Crippen LogP contribution < -0.4 is 0 Å². The summed E-state index contributed by atoms with van der Waals surface area (Å²) in [5.74, 6) is 29.2. The fraction of sp³-hybridized carbons (Fsp3) is 0.340. The second kappa shape index (κ2) is 35.0. The monoisotopic (exact) mass is 1410 g/mol. The van der Waals surface area contributed by atoms with Crippen molar-refractivity contribution in [3.63, 3.8) is 0 Å². The number of rotatable bonds is 30. The van der Waals surface area contributed by atoms with E-state index in [1.165, 1.54) is 250 Å². The minimum Gasteiger partial charge on any atom is -0.340 e. The third-order valence-electron chi connectivity index (χ3n) is 23.0. The van der Waals surface area contributed by atoms with Gasteiger partial charge in [-0.15, -0.1) is 0 Å². The number of hydrogen-bond acceptors (Lipinski definition) is 0. The molecule has 0 aliphatic rings. The standard InChI is InChI=1S/C103H107N5/c1-6-11-16-21-30-63-104-94-37-28-26-35-84(94)86-68-76(47-55-96(86)104)39-41-78-49-57-98-88(70-78)90-72-80(51-59-100(90)106(98)65-32-23-18-13-8-3)43-45-82-53-61-102-92(74-82)93-75-83(54-62-103(93)108(102)67-34-25-20-15-10-5)46-44-81-52-60-101-91(73-81)89-71-79(50-58-99(89)107(101)66-33-24-19-14-9-4)42-40-77-48-56-97-87(69-77)85-36-27-29-38-95(85)105(97)64-31-22-17-12-7-2/h26-29,35-38,47-62,68-75H,6-25,30-34,63-67H2,1-5H3. The summed E-state index contributed by atoms with van der Waals surface area (Å²) in [5.41, 5.74) is 20.9. The molecular weight excluding hydrogens is 1310 g/mol. The van der Waals surface area contributed by atoms with Gasteiger partial charge in [-0.2, -0.15) is 0 Å². The van der Waals surface area contributed by atoms with Crippen molar-refractivity contribution in [2.24, 2.45) is 0 Å². The molecule has 10 aromatic carbocycles. The smallest absolute Gasteiger partial charge is 0.0492 e. The molecule has 15 rings (SSSR count). The first kappa shape index (κ1) is 73.0. The van der Waals surface area contributed by atoms with Crippen LogP contribution in [0.15, 0.2) is 194 Å². The van der Waals surface area contributed by atoms with E-state index in [0.717, 1.165) is 96.5 Å². The molecule has 0 aliphatic heterocycles. The van der Waals surface area contributed by atoms with Crippen molar-refractivity contribution in [2.45, 2.75) is 228 Å². The summed E-state index contributed by atoms with van der Waals surface area (Å²) in [6.45, 7) is 16.5. The third kappa shape index (κ3) is 16.0. The number of aryl methyl sites for hydroxylation is 5. The van der Waals surface area contributed by atoms with Crippen LogP contribution in [0, 0.1) is 47.4 Å². The lowest BCUT2D eigenvalue weighted by Gasteiger charge is -2.08. The molecule has 0 aliphatic carbocycles. The highest BCUT2D eigenvalue weighted by molar-refractivity contribution is 6.13. The Morgan fingerprint density at radius 2 is 0.324 bits per heavy atom. The largest absolute Gasteiger partial charge is 0.340 e. The van der Waals surface area contributed by atoms with Crippen LogP contribution >= 0.6 is 0 Å². The van der Waals surface area contributed by atoms with E-state index >= 15 is 0 Å². The first-order chi connectivity index (χ1) is 53.4. The SMILES string of the molecule is CCCCCCCn1c2ccccc2c2cc(C#Cc3ccc4c(c3)c3cc(C#Cc5ccc6c(c5)c5cc(C#Cc7ccc8c(c7)c7cc(C#Cc9ccc%10c(c9)c9ccccc9n%10CCCCCCC)ccc7n8CCCCCCC)ccc5n6CCCCCCC)ccc3n4CCCCCCC)ccc21. The fourth-order valence-corrected chi connectivity index (χ4v) is 17.2. The van der Waals surface area contributed by atoms with Gasteiger partial charge in [-0.1, -0.05) is 247 Å². The minimum atomic E-state index is 0.974. The molecule has 0 spiro atoms. The normalized spacial score (nSPS) is 11.6. The molecule has 5 aromatic heterocycles. The van der Waals surface area contributed by atoms with Gasteiger partial charge in [0.15, 0.2) is 0 Å². The summed E-state index contributed by atoms with van der Waals surface area (Å²) in [7, 11) is 0. The minimum absolute atomic E-state index is 0.974. The van der Waals surface area contributed by atoms with Crippen molar-refractivity contribution in [2.75, 3.05) is 0 Å². The van der Waals surface area contributed by atoms with E-state index in [2.05, 4.69) is 299 Å². The van der Waals surface area contributed by atoms with Crippen LogP contribution in [0.4, 0.5) is 0 Å². The van der Waals surface area contributed by atoms with E-state index in [1.54, 1.807) is 0 Å². The summed E-state index contributed by atoms with van der Waals surface area (Å²) < 4.78 is 12.7. The van der Waals surface area contributed by atoms with Gasteiger partial charge >= 0.3 is 0 Å². The molecule has 0 atom stereocenters. The Morgan fingerprint density at radius 3 is 0.509 bits per heavy atom. The lowest BCUT2D eigenvalue weighted by molar-refractivity contribution is 0.584. The number of nitrogens with zero attached hydrogens (tertiary/aromatic N) is 5. The molecule has 0 radical (unpaired) electrons. The van der Waals surface area contributed by atoms with Crippen molar-refractivity contribution in [3.8, 4) is 47.4 Å². The average Bonchev–Trinajstić information content (AvgIpc) is 1.64. The zero-order valence-corrected chi connectivity index (χ0v) is 64.9. The van der Waals surface area contributed by atoms with Gasteiger partial charge in [0.25, 0.3) is 0 Å². The van der Waals surface area contributed by atoms with Crippen molar-refractivity contribution >= 4 is 109 Å². The number of aromatic nitrogens is 5. The molecule has 544 valence electrons. The van der Waals surface area contributed by atoms with Crippen molar-refractivity contribution in [3.05, 3.63) is 239 Å². The van der Waals surface area contributed by atoms with E-state index in [1.807, 2.05) is 0 Å². The molecular formula is C103H107N5. The Balaban J connectivity index is 0.735. The Morgan fingerprint density at radius 1 is 0.167 bits per heavy atom.